The van der Waals surface area contributed by atoms with Crippen molar-refractivity contribution < 1.29 is 4.39 Å². The summed E-state index contributed by atoms with van der Waals surface area (Å²) in [7, 11) is 1.82. The first-order valence-corrected chi connectivity index (χ1v) is 5.88. The molecule has 17 heavy (non-hydrogen) atoms. The highest BCUT2D eigenvalue weighted by atomic mass is 35.5. The van der Waals surface area contributed by atoms with Crippen molar-refractivity contribution in [1.82, 2.24) is 4.98 Å². The van der Waals surface area contributed by atoms with Crippen molar-refractivity contribution in [2.45, 2.75) is 19.8 Å². The van der Waals surface area contributed by atoms with Crippen molar-refractivity contribution in [3.05, 3.63) is 34.7 Å². The van der Waals surface area contributed by atoms with E-state index >= 15 is 0 Å². The maximum Gasteiger partial charge on any atom is 0.126 e. The third-order valence-corrected chi connectivity index (χ3v) is 3.00. The van der Waals surface area contributed by atoms with Crippen LogP contribution in [-0.2, 0) is 0 Å². The molecule has 4 heteroatoms. The maximum atomic E-state index is 13.3. The van der Waals surface area contributed by atoms with Gasteiger partial charge in [-0.25, -0.2) is 4.39 Å². The van der Waals surface area contributed by atoms with Gasteiger partial charge in [0.2, 0.25) is 0 Å². The van der Waals surface area contributed by atoms with Gasteiger partial charge in [0.15, 0.2) is 0 Å². The molecule has 0 amide bonds. The molecule has 2 rings (SSSR count). The molecule has 0 saturated carbocycles. The molecule has 1 aromatic carbocycles. The lowest BCUT2D eigenvalue weighted by Crippen LogP contribution is -1.99. The van der Waals surface area contributed by atoms with Crippen LogP contribution in [0.1, 0.15) is 25.5 Å². The van der Waals surface area contributed by atoms with Crippen LogP contribution < -0.4 is 5.32 Å². The number of anilines is 1. The highest BCUT2D eigenvalue weighted by molar-refractivity contribution is 6.36. The molecule has 0 fully saturated rings. The Labute approximate surface area is 105 Å². The number of pyridine rings is 1. The molecular formula is C13H14ClFN2. The van der Waals surface area contributed by atoms with Crippen LogP contribution in [0.25, 0.3) is 10.9 Å². The van der Waals surface area contributed by atoms with Gasteiger partial charge in [0.1, 0.15) is 5.82 Å². The average molecular weight is 253 g/mol. The van der Waals surface area contributed by atoms with Crippen LogP contribution in [0.2, 0.25) is 5.02 Å². The molecule has 0 aliphatic rings. The lowest BCUT2D eigenvalue weighted by Gasteiger charge is -2.12. The van der Waals surface area contributed by atoms with Gasteiger partial charge in [-0.1, -0.05) is 25.4 Å². The van der Waals surface area contributed by atoms with Gasteiger partial charge in [0, 0.05) is 29.9 Å². The van der Waals surface area contributed by atoms with Crippen LogP contribution in [0.15, 0.2) is 18.2 Å². The number of halogens is 2. The number of fused-ring (bicyclic) bond motifs is 1. The van der Waals surface area contributed by atoms with Gasteiger partial charge in [-0.15, -0.1) is 0 Å². The van der Waals surface area contributed by atoms with E-state index in [0.29, 0.717) is 10.5 Å². The molecule has 0 atom stereocenters. The fraction of sp³-hybridized carbons (Fsp3) is 0.308. The Morgan fingerprint density at radius 2 is 2.00 bits per heavy atom. The zero-order valence-corrected chi connectivity index (χ0v) is 10.8. The smallest absolute Gasteiger partial charge is 0.126 e. The van der Waals surface area contributed by atoms with E-state index in [1.54, 1.807) is 0 Å². The molecule has 0 bridgehead atoms. The predicted octanol–water partition coefficient (Wildman–Crippen LogP) is 4.19. The molecule has 2 aromatic rings. The van der Waals surface area contributed by atoms with E-state index in [-0.39, 0.29) is 11.7 Å². The zero-order valence-electron chi connectivity index (χ0n) is 10.0. The topological polar surface area (TPSA) is 24.9 Å². The van der Waals surface area contributed by atoms with Crippen LogP contribution in [0.4, 0.5) is 10.1 Å². The Morgan fingerprint density at radius 3 is 2.59 bits per heavy atom. The lowest BCUT2D eigenvalue weighted by molar-refractivity contribution is 0.629. The molecule has 0 spiro atoms. The summed E-state index contributed by atoms with van der Waals surface area (Å²) in [6, 6.07) is 4.67. The average Bonchev–Trinajstić information content (AvgIpc) is 2.26. The van der Waals surface area contributed by atoms with Gasteiger partial charge < -0.3 is 5.32 Å². The second kappa shape index (κ2) is 4.49. The predicted molar refractivity (Wildman–Crippen MR) is 70.3 cm³/mol. The van der Waals surface area contributed by atoms with Crippen molar-refractivity contribution in [2.75, 3.05) is 12.4 Å². The minimum Gasteiger partial charge on any atom is -0.387 e. The lowest BCUT2D eigenvalue weighted by atomic mass is 10.1. The minimum atomic E-state index is -0.363. The van der Waals surface area contributed by atoms with Gasteiger partial charge in [-0.3, -0.25) is 4.98 Å². The molecule has 0 aliphatic heterocycles. The first-order valence-electron chi connectivity index (χ1n) is 5.50. The zero-order chi connectivity index (χ0) is 12.6. The van der Waals surface area contributed by atoms with E-state index in [2.05, 4.69) is 24.1 Å². The van der Waals surface area contributed by atoms with Gasteiger partial charge in [0.25, 0.3) is 0 Å². The molecule has 0 unspecified atom stereocenters. The van der Waals surface area contributed by atoms with Gasteiger partial charge >= 0.3 is 0 Å². The Balaban J connectivity index is 2.82. The standard InChI is InChI=1S/C13H14ClFN2/c1-7(2)10-6-11(16-3)13-9(14)4-8(15)5-12(13)17-10/h4-7H,1-3H3,(H,16,17). The van der Waals surface area contributed by atoms with Crippen LogP contribution >= 0.6 is 11.6 Å². The van der Waals surface area contributed by atoms with Crippen molar-refractivity contribution >= 4 is 28.2 Å². The van der Waals surface area contributed by atoms with E-state index < -0.39 is 0 Å². The van der Waals surface area contributed by atoms with Crippen LogP contribution in [0.3, 0.4) is 0 Å². The second-order valence-electron chi connectivity index (χ2n) is 4.28. The van der Waals surface area contributed by atoms with Gasteiger partial charge in [-0.05, 0) is 18.1 Å². The Kier molecular flexibility index (Phi) is 3.20. The van der Waals surface area contributed by atoms with E-state index in [0.717, 1.165) is 16.8 Å². The normalized spacial score (nSPS) is 11.2. The number of nitrogens with one attached hydrogen (secondary N) is 1. The van der Waals surface area contributed by atoms with Gasteiger partial charge in [0.05, 0.1) is 10.5 Å². The third kappa shape index (κ3) is 2.20. The van der Waals surface area contributed by atoms with E-state index in [9.17, 15) is 4.39 Å². The van der Waals surface area contributed by atoms with Crippen molar-refractivity contribution in [3.63, 3.8) is 0 Å². The molecular weight excluding hydrogens is 239 g/mol. The first-order chi connectivity index (χ1) is 8.02. The summed E-state index contributed by atoms with van der Waals surface area (Å²) < 4.78 is 13.3. The molecule has 0 aliphatic carbocycles. The highest BCUT2D eigenvalue weighted by Crippen LogP contribution is 2.32. The maximum absolute atomic E-state index is 13.3. The number of hydrogen-bond acceptors (Lipinski definition) is 2. The SMILES string of the molecule is CNc1cc(C(C)C)nc2cc(F)cc(Cl)c12. The Morgan fingerprint density at radius 1 is 1.29 bits per heavy atom. The van der Waals surface area contributed by atoms with Crippen LogP contribution in [0.5, 0.6) is 0 Å². The monoisotopic (exact) mass is 252 g/mol. The summed E-state index contributed by atoms with van der Waals surface area (Å²) in [6.45, 7) is 4.10. The summed E-state index contributed by atoms with van der Waals surface area (Å²) in [5.41, 5.74) is 2.39. The molecule has 0 saturated heterocycles. The molecule has 2 nitrogen and oxygen atoms in total. The van der Waals surface area contributed by atoms with Crippen molar-refractivity contribution in [1.29, 1.82) is 0 Å². The van der Waals surface area contributed by atoms with E-state index in [1.807, 2.05) is 13.1 Å². The summed E-state index contributed by atoms with van der Waals surface area (Å²) in [6.07, 6.45) is 0. The molecule has 1 aromatic heterocycles. The Bertz CT molecular complexity index is 567. The van der Waals surface area contributed by atoms with E-state index in [4.69, 9.17) is 11.6 Å². The number of rotatable bonds is 2. The van der Waals surface area contributed by atoms with Crippen molar-refractivity contribution in [3.8, 4) is 0 Å². The largest absolute Gasteiger partial charge is 0.387 e. The minimum absolute atomic E-state index is 0.286. The molecule has 1 N–H and O–H groups in total. The number of nitrogens with zero attached hydrogens (tertiary/aromatic N) is 1. The number of aromatic nitrogens is 1. The number of hydrogen-bond donors (Lipinski definition) is 1. The molecule has 1 heterocycles. The van der Waals surface area contributed by atoms with Gasteiger partial charge in [-0.2, -0.15) is 0 Å². The number of benzene rings is 1. The quantitative estimate of drug-likeness (QED) is 0.867. The molecule has 90 valence electrons. The molecule has 0 radical (unpaired) electrons. The first kappa shape index (κ1) is 12.1. The summed E-state index contributed by atoms with van der Waals surface area (Å²) in [5, 5.41) is 4.22. The summed E-state index contributed by atoms with van der Waals surface area (Å²) in [4.78, 5) is 4.44. The fourth-order valence-corrected chi connectivity index (χ4v) is 2.10. The summed E-state index contributed by atoms with van der Waals surface area (Å²) in [5.74, 6) is -0.0773. The van der Waals surface area contributed by atoms with Crippen LogP contribution in [-0.4, -0.2) is 12.0 Å². The van der Waals surface area contributed by atoms with Crippen LogP contribution in [0, 0.1) is 5.82 Å². The Hall–Kier alpha value is -1.35. The highest BCUT2D eigenvalue weighted by Gasteiger charge is 2.11. The third-order valence-electron chi connectivity index (χ3n) is 2.71. The second-order valence-corrected chi connectivity index (χ2v) is 4.69. The fourth-order valence-electron chi connectivity index (χ4n) is 1.80. The summed E-state index contributed by atoms with van der Waals surface area (Å²) >= 11 is 6.06. The van der Waals surface area contributed by atoms with Crippen molar-refractivity contribution in [2.24, 2.45) is 0 Å². The van der Waals surface area contributed by atoms with E-state index in [1.165, 1.54) is 12.1 Å².